The first-order chi connectivity index (χ1) is 13.2. The normalized spacial score (nSPS) is 18.6. The lowest BCUT2D eigenvalue weighted by Crippen LogP contribution is -2.34. The fourth-order valence-electron chi connectivity index (χ4n) is 3.90. The maximum absolute atomic E-state index is 13.1. The van der Waals surface area contributed by atoms with Crippen molar-refractivity contribution in [2.24, 2.45) is 0 Å². The Morgan fingerprint density at radius 1 is 1.04 bits per heavy atom. The van der Waals surface area contributed by atoms with Gasteiger partial charge in [-0.1, -0.05) is 31.0 Å². The Morgan fingerprint density at radius 2 is 1.74 bits per heavy atom. The van der Waals surface area contributed by atoms with Gasteiger partial charge in [-0.15, -0.1) is 0 Å². The number of hydrogen-bond donors (Lipinski definition) is 1. The molecule has 1 N–H and O–H groups in total. The quantitative estimate of drug-likeness (QED) is 0.870. The number of halogens is 1. The molecule has 1 amide bonds. The van der Waals surface area contributed by atoms with Crippen LogP contribution in [0.5, 0.6) is 0 Å². The second kappa shape index (κ2) is 7.67. The monoisotopic (exact) mass is 367 g/mol. The highest BCUT2D eigenvalue weighted by Gasteiger charge is 2.51. The number of carbonyl (C=O) groups is 1. The lowest BCUT2D eigenvalue weighted by molar-refractivity contribution is -0.123. The summed E-state index contributed by atoms with van der Waals surface area (Å²) in [5.41, 5.74) is 1.42. The van der Waals surface area contributed by atoms with Crippen LogP contribution in [-0.2, 0) is 16.8 Å². The van der Waals surface area contributed by atoms with Crippen molar-refractivity contribution in [2.75, 3.05) is 18.0 Å². The van der Waals surface area contributed by atoms with E-state index in [-0.39, 0.29) is 11.7 Å². The number of nitrogens with one attached hydrogen (secondary N) is 1. The molecule has 1 aromatic carbocycles. The Bertz CT molecular complexity index is 776. The number of hydrogen-bond acceptors (Lipinski definition) is 3. The zero-order chi connectivity index (χ0) is 18.7. The summed E-state index contributed by atoms with van der Waals surface area (Å²) >= 11 is 0. The van der Waals surface area contributed by atoms with Crippen LogP contribution in [0.3, 0.4) is 0 Å². The predicted molar refractivity (Wildman–Crippen MR) is 104 cm³/mol. The van der Waals surface area contributed by atoms with Crippen molar-refractivity contribution in [1.29, 1.82) is 0 Å². The molecule has 1 saturated heterocycles. The van der Waals surface area contributed by atoms with Crippen molar-refractivity contribution < 1.29 is 9.18 Å². The Hall–Kier alpha value is -2.43. The topological polar surface area (TPSA) is 45.2 Å². The van der Waals surface area contributed by atoms with E-state index in [0.717, 1.165) is 42.9 Å². The van der Waals surface area contributed by atoms with Gasteiger partial charge in [-0.05, 0) is 55.0 Å². The Balaban J connectivity index is 1.36. The summed E-state index contributed by atoms with van der Waals surface area (Å²) in [5, 5.41) is 3.04. The van der Waals surface area contributed by atoms with Gasteiger partial charge in [0.25, 0.3) is 0 Å². The predicted octanol–water partition coefficient (Wildman–Crippen LogP) is 3.95. The van der Waals surface area contributed by atoms with E-state index >= 15 is 0 Å². The minimum absolute atomic E-state index is 0.0192. The molecule has 1 saturated carbocycles. The average molecular weight is 367 g/mol. The first-order valence-corrected chi connectivity index (χ1v) is 9.92. The smallest absolute Gasteiger partial charge is 0.230 e. The molecule has 4 nitrogen and oxygen atoms in total. The maximum Gasteiger partial charge on any atom is 0.230 e. The summed E-state index contributed by atoms with van der Waals surface area (Å²) in [4.78, 5) is 19.7. The maximum atomic E-state index is 13.1. The Kier molecular flexibility index (Phi) is 5.10. The van der Waals surface area contributed by atoms with Crippen LogP contribution in [0.25, 0.3) is 0 Å². The fourth-order valence-corrected chi connectivity index (χ4v) is 3.90. The minimum Gasteiger partial charge on any atom is -0.357 e. The Labute approximate surface area is 159 Å². The van der Waals surface area contributed by atoms with Crippen molar-refractivity contribution in [3.8, 4) is 0 Å². The molecular formula is C22H26FN3O. The molecule has 0 bridgehead atoms. The summed E-state index contributed by atoms with van der Waals surface area (Å²) in [7, 11) is 0. The fraction of sp³-hybridized carbons (Fsp3) is 0.455. The lowest BCUT2D eigenvalue weighted by atomic mass is 9.95. The van der Waals surface area contributed by atoms with Gasteiger partial charge in [0.15, 0.2) is 0 Å². The van der Waals surface area contributed by atoms with E-state index in [4.69, 9.17) is 0 Å². The van der Waals surface area contributed by atoms with Gasteiger partial charge in [0.1, 0.15) is 11.6 Å². The van der Waals surface area contributed by atoms with Crippen molar-refractivity contribution in [3.63, 3.8) is 0 Å². The van der Waals surface area contributed by atoms with Gasteiger partial charge in [0, 0.05) is 25.8 Å². The number of rotatable bonds is 5. The van der Waals surface area contributed by atoms with Crippen molar-refractivity contribution in [3.05, 3.63) is 59.5 Å². The van der Waals surface area contributed by atoms with Crippen LogP contribution in [0.4, 0.5) is 10.2 Å². The van der Waals surface area contributed by atoms with Crippen molar-refractivity contribution in [1.82, 2.24) is 10.3 Å². The van der Waals surface area contributed by atoms with E-state index in [0.29, 0.717) is 6.54 Å². The largest absolute Gasteiger partial charge is 0.357 e. The van der Waals surface area contributed by atoms with E-state index in [1.165, 1.54) is 37.8 Å². The third-order valence-electron chi connectivity index (χ3n) is 5.77. The number of nitrogens with zero attached hydrogens (tertiary/aromatic N) is 2. The van der Waals surface area contributed by atoms with Crippen LogP contribution in [-0.4, -0.2) is 24.0 Å². The summed E-state index contributed by atoms with van der Waals surface area (Å²) in [6.45, 7) is 2.61. The molecule has 2 fully saturated rings. The zero-order valence-corrected chi connectivity index (χ0v) is 15.6. The molecule has 5 heteroatoms. The molecule has 2 heterocycles. The molecule has 0 spiro atoms. The SMILES string of the molecule is O=C(NCc1ccc(N2CCCCCC2)nc1)C1(c2ccc(F)cc2)CC1. The summed E-state index contributed by atoms with van der Waals surface area (Å²) < 4.78 is 13.1. The molecule has 1 aliphatic heterocycles. The number of carbonyl (C=O) groups excluding carboxylic acids is 1. The third kappa shape index (κ3) is 3.97. The van der Waals surface area contributed by atoms with E-state index in [9.17, 15) is 9.18 Å². The van der Waals surface area contributed by atoms with Crippen LogP contribution in [0.15, 0.2) is 42.6 Å². The van der Waals surface area contributed by atoms with Gasteiger partial charge in [0.05, 0.1) is 5.41 Å². The van der Waals surface area contributed by atoms with E-state index in [1.54, 1.807) is 12.1 Å². The molecular weight excluding hydrogens is 341 g/mol. The molecule has 1 aromatic heterocycles. The second-order valence-corrected chi connectivity index (χ2v) is 7.70. The number of benzene rings is 1. The lowest BCUT2D eigenvalue weighted by Gasteiger charge is -2.21. The van der Waals surface area contributed by atoms with Crippen LogP contribution in [0, 0.1) is 5.82 Å². The standard InChI is InChI=1S/C22H26FN3O/c23-19-8-6-18(7-9-19)22(11-12-22)21(27)25-16-17-5-10-20(24-15-17)26-13-3-1-2-4-14-26/h5-10,15H,1-4,11-14,16H2,(H,25,27). The van der Waals surface area contributed by atoms with E-state index in [1.807, 2.05) is 12.3 Å². The van der Waals surface area contributed by atoms with Crippen LogP contribution < -0.4 is 10.2 Å². The number of anilines is 1. The molecule has 2 aromatic rings. The van der Waals surface area contributed by atoms with Crippen LogP contribution in [0.2, 0.25) is 0 Å². The summed E-state index contributed by atoms with van der Waals surface area (Å²) in [6, 6.07) is 10.4. The molecule has 1 aliphatic carbocycles. The highest BCUT2D eigenvalue weighted by atomic mass is 19.1. The van der Waals surface area contributed by atoms with E-state index < -0.39 is 5.41 Å². The molecule has 27 heavy (non-hydrogen) atoms. The van der Waals surface area contributed by atoms with Crippen molar-refractivity contribution >= 4 is 11.7 Å². The molecule has 0 atom stereocenters. The number of pyridine rings is 1. The van der Waals surface area contributed by atoms with Gasteiger partial charge in [-0.3, -0.25) is 4.79 Å². The molecule has 0 unspecified atom stereocenters. The minimum atomic E-state index is -0.479. The molecule has 4 rings (SSSR count). The highest BCUT2D eigenvalue weighted by molar-refractivity contribution is 5.91. The Morgan fingerprint density at radius 3 is 2.33 bits per heavy atom. The van der Waals surface area contributed by atoms with Gasteiger partial charge in [-0.25, -0.2) is 9.37 Å². The molecule has 0 radical (unpaired) electrons. The van der Waals surface area contributed by atoms with Gasteiger partial charge in [0.2, 0.25) is 5.91 Å². The number of aromatic nitrogens is 1. The van der Waals surface area contributed by atoms with Crippen LogP contribution >= 0.6 is 0 Å². The summed E-state index contributed by atoms with van der Waals surface area (Å²) in [6.07, 6.45) is 8.55. The average Bonchev–Trinajstić information content (AvgIpc) is 3.52. The first-order valence-electron chi connectivity index (χ1n) is 9.92. The van der Waals surface area contributed by atoms with Gasteiger partial charge < -0.3 is 10.2 Å². The first kappa shape index (κ1) is 18.0. The highest BCUT2D eigenvalue weighted by Crippen LogP contribution is 2.48. The van der Waals surface area contributed by atoms with Gasteiger partial charge >= 0.3 is 0 Å². The van der Waals surface area contributed by atoms with Crippen molar-refractivity contribution in [2.45, 2.75) is 50.5 Å². The second-order valence-electron chi connectivity index (χ2n) is 7.70. The zero-order valence-electron chi connectivity index (χ0n) is 15.6. The molecule has 142 valence electrons. The molecule has 2 aliphatic rings. The van der Waals surface area contributed by atoms with Crippen LogP contribution in [0.1, 0.15) is 49.7 Å². The third-order valence-corrected chi connectivity index (χ3v) is 5.77. The van der Waals surface area contributed by atoms with E-state index in [2.05, 4.69) is 21.3 Å². The number of amides is 1. The van der Waals surface area contributed by atoms with Gasteiger partial charge in [-0.2, -0.15) is 0 Å². The summed E-state index contributed by atoms with van der Waals surface area (Å²) in [5.74, 6) is 0.771.